The fourth-order valence-corrected chi connectivity index (χ4v) is 5.73. The monoisotopic (exact) mass is 613 g/mol. The van der Waals surface area contributed by atoms with E-state index < -0.39 is 28.5 Å². The molecular formula is C30H36BrN3O4S. The molecule has 2 amide bonds. The van der Waals surface area contributed by atoms with Gasteiger partial charge in [0.15, 0.2) is 0 Å². The zero-order valence-electron chi connectivity index (χ0n) is 22.8. The molecule has 7 nitrogen and oxygen atoms in total. The van der Waals surface area contributed by atoms with Gasteiger partial charge in [-0.05, 0) is 59.5 Å². The highest BCUT2D eigenvalue weighted by atomic mass is 79.9. The summed E-state index contributed by atoms with van der Waals surface area (Å²) in [6.07, 6.45) is 2.09. The van der Waals surface area contributed by atoms with Crippen LogP contribution in [0.5, 0.6) is 0 Å². The smallest absolute Gasteiger partial charge is 0.244 e. The first-order chi connectivity index (χ1) is 18.5. The molecule has 0 heterocycles. The SMILES string of the molecule is CC[C@H](C)NC(=O)[C@@H](Cc1ccccc1)N(Cc1cccc(C)c1)C(=O)CN(c1ccccc1Br)S(C)(=O)=O. The van der Waals surface area contributed by atoms with Crippen molar-refractivity contribution in [3.05, 3.63) is 100 Å². The van der Waals surface area contributed by atoms with E-state index in [0.717, 1.165) is 33.7 Å². The molecule has 0 unspecified atom stereocenters. The van der Waals surface area contributed by atoms with Crippen molar-refractivity contribution < 1.29 is 18.0 Å². The molecule has 0 fully saturated rings. The van der Waals surface area contributed by atoms with Crippen LogP contribution in [0.2, 0.25) is 0 Å². The molecular weight excluding hydrogens is 578 g/mol. The number of hydrogen-bond donors (Lipinski definition) is 1. The number of nitrogens with zero attached hydrogens (tertiary/aromatic N) is 2. The van der Waals surface area contributed by atoms with Gasteiger partial charge in [0.05, 0.1) is 11.9 Å². The van der Waals surface area contributed by atoms with Crippen molar-refractivity contribution >= 4 is 43.5 Å². The Balaban J connectivity index is 2.07. The van der Waals surface area contributed by atoms with Crippen LogP contribution in [0.25, 0.3) is 0 Å². The van der Waals surface area contributed by atoms with Crippen molar-refractivity contribution in [2.75, 3.05) is 17.1 Å². The van der Waals surface area contributed by atoms with Crippen LogP contribution in [0.1, 0.15) is 37.0 Å². The summed E-state index contributed by atoms with van der Waals surface area (Å²) in [5.74, 6) is -0.751. The van der Waals surface area contributed by atoms with Gasteiger partial charge in [-0.25, -0.2) is 8.42 Å². The third-order valence-electron chi connectivity index (χ3n) is 6.51. The van der Waals surface area contributed by atoms with E-state index in [-0.39, 0.29) is 24.9 Å². The van der Waals surface area contributed by atoms with E-state index in [0.29, 0.717) is 10.2 Å². The number of halogens is 1. The van der Waals surface area contributed by atoms with Gasteiger partial charge in [-0.3, -0.25) is 13.9 Å². The lowest BCUT2D eigenvalue weighted by Gasteiger charge is -2.34. The molecule has 0 aromatic heterocycles. The van der Waals surface area contributed by atoms with Gasteiger partial charge in [0.1, 0.15) is 12.6 Å². The van der Waals surface area contributed by atoms with Crippen LogP contribution in [-0.4, -0.2) is 50.0 Å². The molecule has 0 aliphatic heterocycles. The van der Waals surface area contributed by atoms with Crippen LogP contribution in [0.15, 0.2) is 83.3 Å². The first-order valence-electron chi connectivity index (χ1n) is 12.9. The summed E-state index contributed by atoms with van der Waals surface area (Å²) in [6.45, 7) is 5.57. The summed E-state index contributed by atoms with van der Waals surface area (Å²) in [5, 5.41) is 3.03. The molecule has 0 radical (unpaired) electrons. The number of rotatable bonds is 12. The minimum absolute atomic E-state index is 0.0838. The largest absolute Gasteiger partial charge is 0.352 e. The van der Waals surface area contributed by atoms with Gasteiger partial charge in [0.25, 0.3) is 0 Å². The topological polar surface area (TPSA) is 86.8 Å². The van der Waals surface area contributed by atoms with Crippen LogP contribution in [0, 0.1) is 6.92 Å². The van der Waals surface area contributed by atoms with Crippen molar-refractivity contribution in [1.82, 2.24) is 10.2 Å². The highest BCUT2D eigenvalue weighted by Gasteiger charge is 2.33. The van der Waals surface area contributed by atoms with E-state index in [1.54, 1.807) is 24.3 Å². The van der Waals surface area contributed by atoms with Gasteiger partial charge in [0, 0.05) is 23.5 Å². The number of benzene rings is 3. The van der Waals surface area contributed by atoms with E-state index in [9.17, 15) is 18.0 Å². The zero-order chi connectivity index (χ0) is 28.6. The first-order valence-corrected chi connectivity index (χ1v) is 15.5. The Morgan fingerprint density at radius 1 is 0.949 bits per heavy atom. The number of hydrogen-bond acceptors (Lipinski definition) is 4. The molecule has 0 bridgehead atoms. The maximum Gasteiger partial charge on any atom is 0.244 e. The molecule has 0 saturated carbocycles. The minimum Gasteiger partial charge on any atom is -0.352 e. The number of para-hydroxylation sites is 1. The molecule has 3 aromatic carbocycles. The third kappa shape index (κ3) is 8.66. The molecule has 9 heteroatoms. The lowest BCUT2D eigenvalue weighted by Crippen LogP contribution is -2.54. The number of nitrogens with one attached hydrogen (secondary N) is 1. The van der Waals surface area contributed by atoms with Crippen molar-refractivity contribution in [3.8, 4) is 0 Å². The number of carbonyl (C=O) groups excluding carboxylic acids is 2. The fourth-order valence-electron chi connectivity index (χ4n) is 4.25. The van der Waals surface area contributed by atoms with Gasteiger partial charge in [0.2, 0.25) is 21.8 Å². The maximum atomic E-state index is 14.1. The molecule has 3 aromatic rings. The number of carbonyl (C=O) groups is 2. The number of anilines is 1. The number of aryl methyl sites for hydroxylation is 1. The second kappa shape index (κ2) is 13.8. The normalized spacial score (nSPS) is 12.8. The van der Waals surface area contributed by atoms with Gasteiger partial charge < -0.3 is 10.2 Å². The van der Waals surface area contributed by atoms with Crippen molar-refractivity contribution in [2.24, 2.45) is 0 Å². The Bertz CT molecular complexity index is 1380. The summed E-state index contributed by atoms with van der Waals surface area (Å²) >= 11 is 3.41. The van der Waals surface area contributed by atoms with E-state index in [1.807, 2.05) is 75.4 Å². The summed E-state index contributed by atoms with van der Waals surface area (Å²) in [4.78, 5) is 29.3. The average molecular weight is 615 g/mol. The standard InChI is InChI=1S/C30H36BrN3O4S/c1-5-23(3)32-30(36)28(19-24-13-7-6-8-14-24)33(20-25-15-11-12-22(2)18-25)29(35)21-34(39(4,37)38)27-17-10-9-16-26(27)31/h6-18,23,28H,5,19-21H2,1-4H3,(H,32,36)/t23-,28+/m0/s1. The lowest BCUT2D eigenvalue weighted by molar-refractivity contribution is -0.140. The van der Waals surface area contributed by atoms with E-state index >= 15 is 0 Å². The van der Waals surface area contributed by atoms with Gasteiger partial charge in [-0.1, -0.05) is 79.2 Å². The van der Waals surface area contributed by atoms with Crippen LogP contribution in [-0.2, 0) is 32.6 Å². The zero-order valence-corrected chi connectivity index (χ0v) is 25.2. The Morgan fingerprint density at radius 2 is 1.59 bits per heavy atom. The molecule has 2 atom stereocenters. The summed E-state index contributed by atoms with van der Waals surface area (Å²) in [7, 11) is -3.82. The Morgan fingerprint density at radius 3 is 2.21 bits per heavy atom. The minimum atomic E-state index is -3.82. The van der Waals surface area contributed by atoms with Crippen molar-refractivity contribution in [2.45, 2.75) is 52.2 Å². The molecule has 0 aliphatic carbocycles. The van der Waals surface area contributed by atoms with E-state index in [4.69, 9.17) is 0 Å². The summed E-state index contributed by atoms with van der Waals surface area (Å²) in [6, 6.07) is 23.2. The predicted octanol–water partition coefficient (Wildman–Crippen LogP) is 5.08. The van der Waals surface area contributed by atoms with Gasteiger partial charge >= 0.3 is 0 Å². The molecule has 1 N–H and O–H groups in total. The molecule has 0 saturated heterocycles. The molecule has 0 spiro atoms. The van der Waals surface area contributed by atoms with Gasteiger partial charge in [-0.15, -0.1) is 0 Å². The molecule has 3 rings (SSSR count). The molecule has 39 heavy (non-hydrogen) atoms. The maximum absolute atomic E-state index is 14.1. The number of sulfonamides is 1. The Hall–Kier alpha value is -3.17. The highest BCUT2D eigenvalue weighted by molar-refractivity contribution is 9.10. The Kier molecular flexibility index (Phi) is 10.7. The predicted molar refractivity (Wildman–Crippen MR) is 160 cm³/mol. The average Bonchev–Trinajstić information content (AvgIpc) is 2.89. The van der Waals surface area contributed by atoms with E-state index in [1.165, 1.54) is 4.90 Å². The fraction of sp³-hybridized carbons (Fsp3) is 0.333. The second-order valence-corrected chi connectivity index (χ2v) is 12.5. The summed E-state index contributed by atoms with van der Waals surface area (Å²) in [5.41, 5.74) is 3.13. The molecule has 208 valence electrons. The van der Waals surface area contributed by atoms with Crippen molar-refractivity contribution in [3.63, 3.8) is 0 Å². The van der Waals surface area contributed by atoms with Gasteiger partial charge in [-0.2, -0.15) is 0 Å². The van der Waals surface area contributed by atoms with Crippen LogP contribution < -0.4 is 9.62 Å². The first kappa shape index (κ1) is 30.4. The number of amides is 2. The van der Waals surface area contributed by atoms with Crippen molar-refractivity contribution in [1.29, 1.82) is 0 Å². The van der Waals surface area contributed by atoms with Crippen LogP contribution in [0.3, 0.4) is 0 Å². The quantitative estimate of drug-likeness (QED) is 0.309. The lowest BCUT2D eigenvalue weighted by atomic mass is 10.0. The second-order valence-electron chi connectivity index (χ2n) is 9.76. The van der Waals surface area contributed by atoms with Crippen LogP contribution in [0.4, 0.5) is 5.69 Å². The van der Waals surface area contributed by atoms with E-state index in [2.05, 4.69) is 21.2 Å². The third-order valence-corrected chi connectivity index (χ3v) is 8.30. The highest BCUT2D eigenvalue weighted by Crippen LogP contribution is 2.28. The summed E-state index contributed by atoms with van der Waals surface area (Å²) < 4.78 is 27.4. The molecule has 0 aliphatic rings. The Labute approximate surface area is 240 Å². The van der Waals surface area contributed by atoms with Crippen LogP contribution >= 0.6 is 15.9 Å².